The van der Waals surface area contributed by atoms with Crippen molar-refractivity contribution in [2.75, 3.05) is 6.54 Å². The van der Waals surface area contributed by atoms with Crippen LogP contribution in [0.3, 0.4) is 0 Å². The van der Waals surface area contributed by atoms with E-state index in [0.29, 0.717) is 43.2 Å². The average Bonchev–Trinajstić information content (AvgIpc) is 3.72. The van der Waals surface area contributed by atoms with E-state index < -0.39 is 5.97 Å². The lowest BCUT2D eigenvalue weighted by Crippen LogP contribution is -2.42. The number of imide groups is 1. The smallest absolute Gasteiger partial charge is 0.305 e. The van der Waals surface area contributed by atoms with Gasteiger partial charge >= 0.3 is 10.8 Å². The first-order valence-electron chi connectivity index (χ1n) is 15.2. The molecule has 2 aliphatic heterocycles. The summed E-state index contributed by atoms with van der Waals surface area (Å²) in [6.07, 6.45) is 2.68. The molecule has 0 spiro atoms. The number of likely N-dealkylation sites (tertiary alicyclic amines) is 1. The van der Waals surface area contributed by atoms with E-state index in [-0.39, 0.29) is 63.9 Å². The number of fused-ring (bicyclic) bond motifs is 9. The number of halogens is 1. The highest BCUT2D eigenvalue weighted by Crippen LogP contribution is 2.69. The number of unbranched alkanes of at least 4 members (excludes halogenated alkanes) is 2. The zero-order valence-electron chi connectivity index (χ0n) is 24.2. The van der Waals surface area contributed by atoms with Crippen LogP contribution in [0.4, 0.5) is 0 Å². The predicted octanol–water partition coefficient (Wildman–Crippen LogP) is 6.10. The Morgan fingerprint density at radius 1 is 1.07 bits per heavy atom. The minimum Gasteiger partial charge on any atom is -0.489 e. The number of aromatic nitrogens is 1. The molecule has 7 atom stereocenters. The van der Waals surface area contributed by atoms with E-state index in [0.717, 1.165) is 33.0 Å². The number of nitrogens with one attached hydrogen (secondary N) is 1. The van der Waals surface area contributed by atoms with Crippen molar-refractivity contribution in [3.63, 3.8) is 0 Å². The monoisotopic (exact) mass is 652 g/mol. The molecular formula is C33H33ClN2O6S2. The standard InChI is InChI=1S/C33H33ClN2O6S2/c1-16-7-4-5-8-17(16)15-42-22-11-10-18(34)13-19(22)24-25-20-14-21(28(25)43-30-29(24)44-33(41)35-30)27-26(20)31(39)36(32(27)40)12-6-2-3-9-23(37)38/h4-5,7-8,10-11,13,20-21,24-28H,2-3,6,9,12,14-15H2,1H3,(H,35,41)(H,37,38)/t20?,21?,24-,25?,26?,27?,28?/m1/s1. The summed E-state index contributed by atoms with van der Waals surface area (Å²) in [4.78, 5) is 56.4. The molecule has 0 radical (unpaired) electrons. The summed E-state index contributed by atoms with van der Waals surface area (Å²) < 4.78 is 6.47. The summed E-state index contributed by atoms with van der Waals surface area (Å²) in [6, 6.07) is 13.7. The fraction of sp³-hybridized carbons (Fsp3) is 0.455. The van der Waals surface area contributed by atoms with Gasteiger partial charge in [-0.3, -0.25) is 24.1 Å². The molecular weight excluding hydrogens is 620 g/mol. The first kappa shape index (κ1) is 29.6. The molecule has 1 aromatic heterocycles. The molecule has 2 aliphatic carbocycles. The van der Waals surface area contributed by atoms with Crippen LogP contribution in [0.2, 0.25) is 5.02 Å². The normalized spacial score (nSPS) is 28.2. The number of amides is 2. The molecule has 7 rings (SSSR count). The van der Waals surface area contributed by atoms with Crippen molar-refractivity contribution < 1.29 is 24.2 Å². The second-order valence-corrected chi connectivity index (χ2v) is 15.0. The molecule has 11 heteroatoms. The van der Waals surface area contributed by atoms with E-state index in [1.807, 2.05) is 36.4 Å². The topological polar surface area (TPSA) is 117 Å². The SMILES string of the molecule is Cc1ccccc1COc1ccc(Cl)cc1[C@H]1c2sc(=O)[nH]c2SC2C3CC(C4C(=O)N(CCCCCC(=O)O)C(=O)C34)C21. The number of hydrogen-bond donors (Lipinski definition) is 2. The number of carbonyl (C=O) groups excluding carboxylic acids is 2. The molecule has 3 fully saturated rings. The number of aromatic amines is 1. The number of benzene rings is 2. The van der Waals surface area contributed by atoms with Crippen LogP contribution in [0, 0.1) is 36.5 Å². The minimum absolute atomic E-state index is 0.00508. The number of aliphatic carboxylic acids is 1. The molecule has 230 valence electrons. The Labute approximate surface area is 268 Å². The number of hydrogen-bond acceptors (Lipinski definition) is 7. The highest BCUT2D eigenvalue weighted by molar-refractivity contribution is 8.00. The Morgan fingerprint density at radius 2 is 1.84 bits per heavy atom. The third-order valence-electron chi connectivity index (χ3n) is 10.0. The van der Waals surface area contributed by atoms with Crippen molar-refractivity contribution in [1.29, 1.82) is 0 Å². The van der Waals surface area contributed by atoms with Crippen LogP contribution in [0.1, 0.15) is 59.6 Å². The molecule has 2 N–H and O–H groups in total. The maximum atomic E-state index is 13.8. The Bertz CT molecular complexity index is 1700. The number of nitrogens with zero attached hydrogens (tertiary/aromatic N) is 1. The van der Waals surface area contributed by atoms with E-state index >= 15 is 0 Å². The third kappa shape index (κ3) is 4.99. The summed E-state index contributed by atoms with van der Waals surface area (Å²) >= 11 is 9.47. The summed E-state index contributed by atoms with van der Waals surface area (Å²) in [5, 5.41) is 10.4. The van der Waals surface area contributed by atoms with Gasteiger partial charge in [-0.1, -0.05) is 53.6 Å². The van der Waals surface area contributed by atoms with Crippen LogP contribution in [0.5, 0.6) is 5.75 Å². The van der Waals surface area contributed by atoms with Crippen LogP contribution >= 0.6 is 34.7 Å². The largest absolute Gasteiger partial charge is 0.489 e. The third-order valence-corrected chi connectivity index (χ3v) is 12.9. The van der Waals surface area contributed by atoms with Crippen molar-refractivity contribution in [3.05, 3.63) is 78.7 Å². The zero-order valence-corrected chi connectivity index (χ0v) is 26.6. The van der Waals surface area contributed by atoms with Gasteiger partial charge in [0.1, 0.15) is 12.4 Å². The van der Waals surface area contributed by atoms with Gasteiger partial charge in [0.05, 0.1) is 16.9 Å². The molecule has 3 aromatic rings. The molecule has 44 heavy (non-hydrogen) atoms. The van der Waals surface area contributed by atoms with Gasteiger partial charge in [-0.15, -0.1) is 11.8 Å². The van der Waals surface area contributed by atoms with Crippen LogP contribution in [-0.2, 0) is 21.0 Å². The predicted molar refractivity (Wildman–Crippen MR) is 168 cm³/mol. The van der Waals surface area contributed by atoms with Crippen LogP contribution in [0.15, 0.2) is 52.3 Å². The zero-order chi connectivity index (χ0) is 30.7. The van der Waals surface area contributed by atoms with Gasteiger partial charge in [0.15, 0.2) is 0 Å². The minimum atomic E-state index is -0.836. The van der Waals surface area contributed by atoms with E-state index in [9.17, 15) is 19.2 Å². The lowest BCUT2D eigenvalue weighted by Gasteiger charge is -2.43. The Kier molecular flexibility index (Phi) is 7.87. The van der Waals surface area contributed by atoms with Crippen molar-refractivity contribution in [2.45, 2.75) is 61.8 Å². The van der Waals surface area contributed by atoms with Crippen molar-refractivity contribution in [1.82, 2.24) is 9.88 Å². The summed E-state index contributed by atoms with van der Waals surface area (Å²) in [5.74, 6) is -1.16. The van der Waals surface area contributed by atoms with Crippen LogP contribution < -0.4 is 9.61 Å². The number of rotatable bonds is 10. The number of thiazole rings is 1. The maximum Gasteiger partial charge on any atom is 0.305 e. The van der Waals surface area contributed by atoms with Crippen LogP contribution in [0.25, 0.3) is 0 Å². The molecule has 6 unspecified atom stereocenters. The Hall–Kier alpha value is -3.08. The molecule has 2 saturated carbocycles. The van der Waals surface area contributed by atoms with E-state index in [2.05, 4.69) is 18.0 Å². The molecule has 3 heterocycles. The fourth-order valence-corrected chi connectivity index (χ4v) is 11.3. The van der Waals surface area contributed by atoms with Crippen molar-refractivity contribution in [3.8, 4) is 5.75 Å². The molecule has 4 aliphatic rings. The fourth-order valence-electron chi connectivity index (χ4n) is 8.19. The van der Waals surface area contributed by atoms with E-state index in [4.69, 9.17) is 21.4 Å². The molecule has 2 amide bonds. The number of carbonyl (C=O) groups is 3. The summed E-state index contributed by atoms with van der Waals surface area (Å²) in [6.45, 7) is 2.78. The van der Waals surface area contributed by atoms with Gasteiger partial charge in [0, 0.05) is 39.6 Å². The maximum absolute atomic E-state index is 13.8. The van der Waals surface area contributed by atoms with Gasteiger partial charge in [0.25, 0.3) is 0 Å². The lowest BCUT2D eigenvalue weighted by molar-refractivity contribution is -0.141. The second-order valence-electron chi connectivity index (χ2n) is 12.4. The van der Waals surface area contributed by atoms with Gasteiger partial charge in [-0.2, -0.15) is 0 Å². The number of thioether (sulfide) groups is 1. The number of ether oxygens (including phenoxy) is 1. The Balaban J connectivity index is 1.21. The van der Waals surface area contributed by atoms with Gasteiger partial charge in [0.2, 0.25) is 11.8 Å². The van der Waals surface area contributed by atoms with Gasteiger partial charge < -0.3 is 14.8 Å². The number of aryl methyl sites for hydroxylation is 1. The molecule has 2 aromatic carbocycles. The summed E-state index contributed by atoms with van der Waals surface area (Å²) in [5.41, 5.74) is 3.13. The highest BCUT2D eigenvalue weighted by Gasteiger charge is 2.69. The van der Waals surface area contributed by atoms with Crippen molar-refractivity contribution in [2.24, 2.45) is 29.6 Å². The quantitative estimate of drug-likeness (QED) is 0.201. The van der Waals surface area contributed by atoms with E-state index in [1.54, 1.807) is 11.8 Å². The van der Waals surface area contributed by atoms with Crippen molar-refractivity contribution >= 4 is 52.5 Å². The average molecular weight is 653 g/mol. The van der Waals surface area contributed by atoms with Crippen LogP contribution in [-0.4, -0.2) is 44.6 Å². The van der Waals surface area contributed by atoms with E-state index in [1.165, 1.54) is 16.2 Å². The first-order valence-corrected chi connectivity index (χ1v) is 17.2. The van der Waals surface area contributed by atoms with Gasteiger partial charge in [-0.05, 0) is 73.3 Å². The molecule has 8 nitrogen and oxygen atoms in total. The Morgan fingerprint density at radius 3 is 2.61 bits per heavy atom. The second kappa shape index (κ2) is 11.7. The van der Waals surface area contributed by atoms with Gasteiger partial charge in [-0.25, -0.2) is 0 Å². The summed E-state index contributed by atoms with van der Waals surface area (Å²) in [7, 11) is 0. The number of H-pyrrole nitrogens is 1. The number of carboxylic acid groups (broad SMARTS) is 1. The highest BCUT2D eigenvalue weighted by atomic mass is 35.5. The number of carboxylic acids is 1. The first-order chi connectivity index (χ1) is 21.2. The molecule has 1 saturated heterocycles. The molecule has 2 bridgehead atoms. The lowest BCUT2D eigenvalue weighted by atomic mass is 9.68.